The van der Waals surface area contributed by atoms with Crippen LogP contribution < -0.4 is 0 Å². The lowest BCUT2D eigenvalue weighted by molar-refractivity contribution is -0.137. The van der Waals surface area contributed by atoms with Crippen molar-refractivity contribution in [2.24, 2.45) is 0 Å². The van der Waals surface area contributed by atoms with E-state index in [4.69, 9.17) is 19.9 Å². The minimum atomic E-state index is -5.09. The first-order valence-electron chi connectivity index (χ1n) is 30.5. The average Bonchev–Trinajstić information content (AvgIpc) is 1.01. The maximum absolute atomic E-state index is 19.0. The first-order valence-corrected chi connectivity index (χ1v) is 30.5. The predicted molar refractivity (Wildman–Crippen MR) is 367 cm³/mol. The molecule has 0 saturated heterocycles. The summed E-state index contributed by atoms with van der Waals surface area (Å²) in [5.41, 5.74) is 12.5. The van der Waals surface area contributed by atoms with Gasteiger partial charge in [-0.05, 0) is 127 Å². The van der Waals surface area contributed by atoms with Crippen molar-refractivity contribution in [1.82, 2.24) is 38.2 Å². The largest absolute Gasteiger partial charge is 0.420 e. The van der Waals surface area contributed by atoms with Crippen molar-refractivity contribution in [3.05, 3.63) is 303 Å². The van der Waals surface area contributed by atoms with E-state index in [1.807, 2.05) is 234 Å². The van der Waals surface area contributed by atoms with Crippen LogP contribution in [0.4, 0.5) is 13.2 Å². The topological polar surface area (TPSA) is 71.3 Å². The number of fused-ring (bicyclic) bond motifs is 12. The number of para-hydroxylation sites is 4. The molecule has 0 radical (unpaired) electrons. The number of rotatable bonds is 9. The SMILES string of the molecule is FC(F)(F)c1c(-n2c3ccccc3c3ccccc32)c(-n2c3ccc(-c4ccccn4)cc3c3cc(-c4ccccn4)ccc32)c(-c2ccccc2)c(-n2c3ccc(-c4ccccn4)cc3c3cc(-c4ccccn4)ccc32)c1-n1c2ccccc2c2ccccc21. The van der Waals surface area contributed by atoms with Crippen LogP contribution in [0.15, 0.2) is 298 Å². The van der Waals surface area contributed by atoms with Crippen LogP contribution in [0.3, 0.4) is 0 Å². The number of hydrogen-bond donors (Lipinski definition) is 0. The maximum Gasteiger partial charge on any atom is 0.420 e. The van der Waals surface area contributed by atoms with Crippen molar-refractivity contribution in [3.63, 3.8) is 0 Å². The zero-order valence-corrected chi connectivity index (χ0v) is 49.0. The van der Waals surface area contributed by atoms with E-state index in [1.165, 1.54) is 0 Å². The molecule has 0 fully saturated rings. The molecule has 0 saturated carbocycles. The third-order valence-electron chi connectivity index (χ3n) is 18.2. The Morgan fingerprint density at radius 1 is 0.228 bits per heavy atom. The number of aromatic nitrogens is 8. The molecule has 18 rings (SSSR count). The maximum atomic E-state index is 19.0. The summed E-state index contributed by atoms with van der Waals surface area (Å²) >= 11 is 0. The van der Waals surface area contributed by atoms with Gasteiger partial charge < -0.3 is 18.3 Å². The molecule has 0 unspecified atom stereocenters. The Morgan fingerprint density at radius 3 is 0.772 bits per heavy atom. The van der Waals surface area contributed by atoms with Gasteiger partial charge in [-0.25, -0.2) is 0 Å². The smallest absolute Gasteiger partial charge is 0.306 e. The Balaban J connectivity index is 1.14. The molecule has 434 valence electrons. The molecule has 0 N–H and O–H groups in total. The molecule has 0 aliphatic carbocycles. The third-order valence-corrected chi connectivity index (χ3v) is 18.2. The summed E-state index contributed by atoms with van der Waals surface area (Å²) in [6.45, 7) is 0. The highest BCUT2D eigenvalue weighted by molar-refractivity contribution is 6.18. The molecule has 10 aromatic carbocycles. The molecule has 8 aromatic heterocycles. The molecule has 11 heteroatoms. The Hall–Kier alpha value is -12.2. The van der Waals surface area contributed by atoms with Crippen molar-refractivity contribution in [2.45, 2.75) is 6.18 Å². The summed E-state index contributed by atoms with van der Waals surface area (Å²) < 4.78 is 65.0. The Labute approximate surface area is 524 Å². The van der Waals surface area contributed by atoms with Gasteiger partial charge in [-0.2, -0.15) is 13.2 Å². The third kappa shape index (κ3) is 8.11. The van der Waals surface area contributed by atoms with Crippen molar-refractivity contribution in [1.29, 1.82) is 0 Å². The Bertz CT molecular complexity index is 5330. The van der Waals surface area contributed by atoms with E-state index in [-0.39, 0.29) is 11.4 Å². The van der Waals surface area contributed by atoms with E-state index in [1.54, 1.807) is 24.8 Å². The number of benzene rings is 10. The predicted octanol–water partition coefficient (Wildman–Crippen LogP) is 21.0. The second kappa shape index (κ2) is 20.7. The number of hydrogen-bond acceptors (Lipinski definition) is 4. The van der Waals surface area contributed by atoms with Gasteiger partial charge in [0.15, 0.2) is 0 Å². The van der Waals surface area contributed by atoms with Crippen molar-refractivity contribution in [2.75, 3.05) is 0 Å². The van der Waals surface area contributed by atoms with Crippen molar-refractivity contribution >= 4 is 87.2 Å². The summed E-state index contributed by atoms with van der Waals surface area (Å²) in [4.78, 5) is 19.3. The first kappa shape index (κ1) is 52.9. The van der Waals surface area contributed by atoms with E-state index < -0.39 is 11.7 Å². The zero-order valence-electron chi connectivity index (χ0n) is 49.0. The summed E-state index contributed by atoms with van der Waals surface area (Å²) in [7, 11) is 0. The second-order valence-electron chi connectivity index (χ2n) is 23.2. The molecule has 8 nitrogen and oxygen atoms in total. The molecule has 18 aromatic rings. The van der Waals surface area contributed by atoms with Gasteiger partial charge >= 0.3 is 6.18 Å². The molecule has 0 spiro atoms. The van der Waals surface area contributed by atoms with Gasteiger partial charge in [0.2, 0.25) is 0 Å². The van der Waals surface area contributed by atoms with Gasteiger partial charge in [-0.1, -0.05) is 152 Å². The number of pyridine rings is 4. The van der Waals surface area contributed by atoms with Crippen LogP contribution >= 0.6 is 0 Å². The monoisotopic (exact) mass is 1190 g/mol. The molecular formula is C81H49F3N8. The van der Waals surface area contributed by atoms with Gasteiger partial charge in [-0.15, -0.1) is 0 Å². The van der Waals surface area contributed by atoms with Crippen LogP contribution in [-0.2, 0) is 6.18 Å². The normalized spacial score (nSPS) is 12.1. The molecule has 0 amide bonds. The molecule has 8 heterocycles. The summed E-state index contributed by atoms with van der Waals surface area (Å²) in [5.74, 6) is 0. The van der Waals surface area contributed by atoms with E-state index in [0.717, 1.165) is 88.1 Å². The van der Waals surface area contributed by atoms with Gasteiger partial charge in [0.1, 0.15) is 5.56 Å². The highest BCUT2D eigenvalue weighted by atomic mass is 19.4. The summed E-state index contributed by atoms with van der Waals surface area (Å²) in [6, 6.07) is 89.5. The molecular weight excluding hydrogens is 1140 g/mol. The van der Waals surface area contributed by atoms with Crippen molar-refractivity contribution in [3.8, 4) is 78.9 Å². The van der Waals surface area contributed by atoms with E-state index in [2.05, 4.69) is 57.7 Å². The van der Waals surface area contributed by atoms with Gasteiger partial charge in [-0.3, -0.25) is 19.9 Å². The number of nitrogens with zero attached hydrogens (tertiary/aromatic N) is 8. The van der Waals surface area contributed by atoms with Crippen LogP contribution in [0.1, 0.15) is 5.56 Å². The van der Waals surface area contributed by atoms with Crippen LogP contribution in [0.2, 0.25) is 0 Å². The molecule has 0 aliphatic rings. The zero-order chi connectivity index (χ0) is 61.2. The fourth-order valence-electron chi connectivity index (χ4n) is 14.3. The summed E-state index contributed by atoms with van der Waals surface area (Å²) in [5, 5.41) is 6.49. The average molecular weight is 1190 g/mol. The van der Waals surface area contributed by atoms with Crippen molar-refractivity contribution < 1.29 is 13.2 Å². The molecule has 0 bridgehead atoms. The molecule has 0 aliphatic heterocycles. The Kier molecular flexibility index (Phi) is 11.9. The first-order chi connectivity index (χ1) is 45.3. The lowest BCUT2D eigenvalue weighted by Crippen LogP contribution is -2.22. The van der Waals surface area contributed by atoms with Crippen LogP contribution in [-0.4, -0.2) is 38.2 Å². The summed E-state index contributed by atoms with van der Waals surface area (Å²) in [6.07, 6.45) is 2.02. The van der Waals surface area contributed by atoms with Gasteiger partial charge in [0.05, 0.1) is 89.7 Å². The quantitative estimate of drug-likeness (QED) is 0.144. The van der Waals surface area contributed by atoms with Crippen LogP contribution in [0, 0.1) is 0 Å². The van der Waals surface area contributed by atoms with Gasteiger partial charge in [0, 0.05) is 95.7 Å². The molecule has 92 heavy (non-hydrogen) atoms. The standard InChI is InChI=1S/C81H49F3N8/c82-81(83,84)76-79(91-67-30-8-4-22-55(67)56-23-5-9-31-68(56)91)77(89-71-38-34-51(63-26-12-16-42-85-63)46-59(71)60-47-52(35-39-72(60)89)64-27-13-17-43-86-64)75(50-20-2-1-3-21-50)78(80(76)92-69-32-10-6-24-57(69)58-25-7-11-33-70(58)92)90-73-40-36-53(65-28-14-18-44-87-65)48-61(73)62-49-54(37-41-74(62)90)66-29-15-19-45-88-66/h1-49H. The highest BCUT2D eigenvalue weighted by Gasteiger charge is 2.45. The van der Waals surface area contributed by atoms with Crippen LogP contribution in [0.25, 0.3) is 166 Å². The van der Waals surface area contributed by atoms with E-state index in [0.29, 0.717) is 66.6 Å². The fraction of sp³-hybridized carbons (Fsp3) is 0.0123. The number of halogens is 3. The minimum Gasteiger partial charge on any atom is -0.306 e. The molecule has 0 atom stereocenters. The lowest BCUT2D eigenvalue weighted by Gasteiger charge is -2.31. The van der Waals surface area contributed by atoms with Gasteiger partial charge in [0.25, 0.3) is 0 Å². The second-order valence-corrected chi connectivity index (χ2v) is 23.2. The Morgan fingerprint density at radius 2 is 0.489 bits per heavy atom. The highest BCUT2D eigenvalue weighted by Crippen LogP contribution is 2.56. The lowest BCUT2D eigenvalue weighted by atomic mass is 9.92. The van der Waals surface area contributed by atoms with Crippen LogP contribution in [0.5, 0.6) is 0 Å². The van der Waals surface area contributed by atoms with E-state index in [9.17, 15) is 0 Å². The number of alkyl halides is 3. The fourth-order valence-corrected chi connectivity index (χ4v) is 14.3. The van der Waals surface area contributed by atoms with E-state index >= 15 is 13.2 Å². The minimum absolute atomic E-state index is 0.0496.